The molecule has 1 rings (SSSR count). The monoisotopic (exact) mass is 267 g/mol. The summed E-state index contributed by atoms with van der Waals surface area (Å²) in [5, 5.41) is 14.3. The van der Waals surface area contributed by atoms with Crippen molar-refractivity contribution in [3.8, 4) is 0 Å². The van der Waals surface area contributed by atoms with Gasteiger partial charge in [0.1, 0.15) is 11.4 Å². The average molecular weight is 267 g/mol. The third-order valence-electron chi connectivity index (χ3n) is 2.79. The van der Waals surface area contributed by atoms with E-state index in [1.54, 1.807) is 18.2 Å². The van der Waals surface area contributed by atoms with Gasteiger partial charge in [-0.15, -0.1) is 0 Å². The number of anilines is 2. The Morgan fingerprint density at radius 3 is 2.58 bits per heavy atom. The lowest BCUT2D eigenvalue weighted by Crippen LogP contribution is -2.23. The number of nitrogens with one attached hydrogen (secondary N) is 2. The standard InChI is InChI=1S/C12H21N5O2/c1-9(7-8-16(2)3)14-10-5-4-6-11(15-13)12(10)17(18)19/h4-6,9,14-15H,7-8,13H2,1-3H3. The normalized spacial score (nSPS) is 12.3. The Kier molecular flexibility index (Phi) is 5.53. The highest BCUT2D eigenvalue weighted by molar-refractivity contribution is 5.75. The Morgan fingerprint density at radius 2 is 2.05 bits per heavy atom. The van der Waals surface area contributed by atoms with E-state index >= 15 is 0 Å². The van der Waals surface area contributed by atoms with Crippen molar-refractivity contribution in [3.05, 3.63) is 28.3 Å². The molecular formula is C12H21N5O2. The summed E-state index contributed by atoms with van der Waals surface area (Å²) in [5.74, 6) is 5.30. The molecule has 0 bridgehead atoms. The number of benzene rings is 1. The van der Waals surface area contributed by atoms with E-state index in [0.717, 1.165) is 13.0 Å². The van der Waals surface area contributed by atoms with E-state index in [9.17, 15) is 10.1 Å². The molecule has 19 heavy (non-hydrogen) atoms. The summed E-state index contributed by atoms with van der Waals surface area (Å²) in [6, 6.07) is 5.12. The van der Waals surface area contributed by atoms with Gasteiger partial charge in [0, 0.05) is 6.04 Å². The molecule has 7 nitrogen and oxygen atoms in total. The highest BCUT2D eigenvalue weighted by Crippen LogP contribution is 2.32. The van der Waals surface area contributed by atoms with E-state index in [1.165, 1.54) is 0 Å². The number of hydrogen-bond donors (Lipinski definition) is 3. The van der Waals surface area contributed by atoms with Gasteiger partial charge in [-0.25, -0.2) is 0 Å². The summed E-state index contributed by atoms with van der Waals surface area (Å²) in [5.41, 5.74) is 3.10. The quantitative estimate of drug-likeness (QED) is 0.395. The van der Waals surface area contributed by atoms with Crippen LogP contribution in [0.3, 0.4) is 0 Å². The van der Waals surface area contributed by atoms with Crippen LogP contribution in [-0.4, -0.2) is 36.5 Å². The zero-order valence-corrected chi connectivity index (χ0v) is 11.5. The third-order valence-corrected chi connectivity index (χ3v) is 2.79. The van der Waals surface area contributed by atoms with Gasteiger partial charge >= 0.3 is 5.69 Å². The van der Waals surface area contributed by atoms with Gasteiger partial charge in [0.2, 0.25) is 0 Å². The Balaban J connectivity index is 2.85. The molecule has 0 spiro atoms. The lowest BCUT2D eigenvalue weighted by molar-refractivity contribution is -0.383. The number of nitro groups is 1. The number of nitro benzene ring substituents is 1. The van der Waals surface area contributed by atoms with Crippen molar-refractivity contribution in [2.75, 3.05) is 31.4 Å². The second-order valence-electron chi connectivity index (χ2n) is 4.74. The first-order valence-electron chi connectivity index (χ1n) is 6.11. The van der Waals surface area contributed by atoms with Crippen molar-refractivity contribution in [1.29, 1.82) is 0 Å². The van der Waals surface area contributed by atoms with Crippen molar-refractivity contribution in [2.24, 2.45) is 5.84 Å². The molecule has 0 radical (unpaired) electrons. The molecule has 0 aliphatic heterocycles. The minimum absolute atomic E-state index is 0.0262. The minimum atomic E-state index is -0.434. The van der Waals surface area contributed by atoms with Crippen LogP contribution < -0.4 is 16.6 Å². The van der Waals surface area contributed by atoms with Crippen LogP contribution in [0, 0.1) is 10.1 Å². The van der Waals surface area contributed by atoms with E-state index in [1.807, 2.05) is 21.0 Å². The molecule has 0 fully saturated rings. The smallest absolute Gasteiger partial charge is 0.316 e. The molecule has 7 heteroatoms. The molecule has 0 saturated heterocycles. The number of nitrogens with two attached hydrogens (primary N) is 1. The topological polar surface area (TPSA) is 96.5 Å². The first-order chi connectivity index (χ1) is 8.95. The van der Waals surface area contributed by atoms with E-state index in [-0.39, 0.29) is 11.7 Å². The molecule has 0 aliphatic carbocycles. The molecule has 1 aromatic carbocycles. The molecule has 1 atom stereocenters. The number of rotatable bonds is 7. The van der Waals surface area contributed by atoms with Crippen LogP contribution in [-0.2, 0) is 0 Å². The summed E-state index contributed by atoms with van der Waals surface area (Å²) in [6.45, 7) is 2.91. The summed E-state index contributed by atoms with van der Waals surface area (Å²) in [7, 11) is 3.99. The van der Waals surface area contributed by atoms with E-state index < -0.39 is 4.92 Å². The molecular weight excluding hydrogens is 246 g/mol. The van der Waals surface area contributed by atoms with Crippen LogP contribution >= 0.6 is 0 Å². The van der Waals surface area contributed by atoms with Crippen molar-refractivity contribution in [2.45, 2.75) is 19.4 Å². The predicted octanol–water partition coefficient (Wildman–Crippen LogP) is 1.63. The largest absolute Gasteiger partial charge is 0.377 e. The van der Waals surface area contributed by atoms with Gasteiger partial charge in [0.05, 0.1) is 4.92 Å². The SMILES string of the molecule is CC(CCN(C)C)Nc1cccc(NN)c1[N+](=O)[O-]. The van der Waals surface area contributed by atoms with Crippen LogP contribution in [0.5, 0.6) is 0 Å². The predicted molar refractivity (Wildman–Crippen MR) is 77.2 cm³/mol. The molecule has 106 valence electrons. The first kappa shape index (κ1) is 15.2. The second-order valence-corrected chi connectivity index (χ2v) is 4.74. The Hall–Kier alpha value is -1.86. The Labute approximate surface area is 112 Å². The fourth-order valence-electron chi connectivity index (χ4n) is 1.76. The zero-order valence-electron chi connectivity index (χ0n) is 11.5. The zero-order chi connectivity index (χ0) is 14.4. The van der Waals surface area contributed by atoms with Crippen LogP contribution in [0.25, 0.3) is 0 Å². The molecule has 1 aromatic rings. The number of para-hydroxylation sites is 1. The van der Waals surface area contributed by atoms with E-state index in [2.05, 4.69) is 15.6 Å². The molecule has 1 unspecified atom stereocenters. The summed E-state index contributed by atoms with van der Waals surface area (Å²) >= 11 is 0. The number of nitrogen functional groups attached to an aromatic ring is 1. The third kappa shape index (κ3) is 4.38. The van der Waals surface area contributed by atoms with Gasteiger partial charge < -0.3 is 15.6 Å². The van der Waals surface area contributed by atoms with Gasteiger partial charge in [-0.1, -0.05) is 6.07 Å². The Morgan fingerprint density at radius 1 is 1.42 bits per heavy atom. The van der Waals surface area contributed by atoms with Crippen LogP contribution in [0.4, 0.5) is 17.1 Å². The van der Waals surface area contributed by atoms with E-state index in [0.29, 0.717) is 11.4 Å². The fourth-order valence-corrected chi connectivity index (χ4v) is 1.76. The van der Waals surface area contributed by atoms with Gasteiger partial charge in [0.25, 0.3) is 0 Å². The number of hydrazine groups is 1. The molecule has 0 aromatic heterocycles. The summed E-state index contributed by atoms with van der Waals surface area (Å²) < 4.78 is 0. The maximum atomic E-state index is 11.1. The lowest BCUT2D eigenvalue weighted by Gasteiger charge is -2.18. The minimum Gasteiger partial charge on any atom is -0.377 e. The average Bonchev–Trinajstić information content (AvgIpc) is 2.35. The van der Waals surface area contributed by atoms with Crippen molar-refractivity contribution >= 4 is 17.1 Å². The molecule has 4 N–H and O–H groups in total. The van der Waals surface area contributed by atoms with Gasteiger partial charge in [-0.05, 0) is 46.1 Å². The molecule has 0 amide bonds. The lowest BCUT2D eigenvalue weighted by atomic mass is 10.2. The summed E-state index contributed by atoms with van der Waals surface area (Å²) in [6.07, 6.45) is 0.893. The summed E-state index contributed by atoms with van der Waals surface area (Å²) in [4.78, 5) is 12.8. The number of nitrogens with zero attached hydrogens (tertiary/aromatic N) is 2. The Bertz CT molecular complexity index is 436. The van der Waals surface area contributed by atoms with Crippen LogP contribution in [0.15, 0.2) is 18.2 Å². The van der Waals surface area contributed by atoms with Crippen molar-refractivity contribution < 1.29 is 4.92 Å². The van der Waals surface area contributed by atoms with Gasteiger partial charge in [0.15, 0.2) is 0 Å². The second kappa shape index (κ2) is 6.91. The maximum absolute atomic E-state index is 11.1. The first-order valence-corrected chi connectivity index (χ1v) is 6.11. The highest BCUT2D eigenvalue weighted by Gasteiger charge is 2.20. The van der Waals surface area contributed by atoms with Crippen LogP contribution in [0.1, 0.15) is 13.3 Å². The van der Waals surface area contributed by atoms with E-state index in [4.69, 9.17) is 5.84 Å². The molecule has 0 heterocycles. The molecule has 0 aliphatic rings. The number of hydrogen-bond acceptors (Lipinski definition) is 6. The van der Waals surface area contributed by atoms with Gasteiger partial charge in [-0.2, -0.15) is 0 Å². The van der Waals surface area contributed by atoms with Gasteiger partial charge in [-0.3, -0.25) is 16.0 Å². The molecule has 0 saturated carbocycles. The fraction of sp³-hybridized carbons (Fsp3) is 0.500. The van der Waals surface area contributed by atoms with Crippen molar-refractivity contribution in [3.63, 3.8) is 0 Å². The van der Waals surface area contributed by atoms with Crippen LogP contribution in [0.2, 0.25) is 0 Å². The van der Waals surface area contributed by atoms with Crippen molar-refractivity contribution in [1.82, 2.24) is 4.90 Å². The maximum Gasteiger partial charge on any atom is 0.316 e. The highest BCUT2D eigenvalue weighted by atomic mass is 16.6.